The van der Waals surface area contributed by atoms with Crippen molar-refractivity contribution in [3.8, 4) is 11.4 Å². The molecule has 152 valence electrons. The number of fused-ring (bicyclic) bond motifs is 1. The molecule has 1 N–H and O–H groups in total. The van der Waals surface area contributed by atoms with Crippen molar-refractivity contribution in [2.45, 2.75) is 19.9 Å². The summed E-state index contributed by atoms with van der Waals surface area (Å²) >= 11 is 0. The molecular weight excluding hydrogens is 390 g/mol. The first-order valence-electron chi connectivity index (χ1n) is 9.12. The highest BCUT2D eigenvalue weighted by molar-refractivity contribution is 5.60. The van der Waals surface area contributed by atoms with Gasteiger partial charge in [0.1, 0.15) is 11.7 Å². The number of hydrogen-bond donors (Lipinski definition) is 1. The van der Waals surface area contributed by atoms with Crippen LogP contribution in [-0.4, -0.2) is 29.4 Å². The first-order valence-corrected chi connectivity index (χ1v) is 9.12. The lowest BCUT2D eigenvalue weighted by atomic mass is 10.0. The summed E-state index contributed by atoms with van der Waals surface area (Å²) < 4.78 is 6.53. The van der Waals surface area contributed by atoms with E-state index in [0.29, 0.717) is 5.82 Å². The third-order valence-corrected chi connectivity index (χ3v) is 4.50. The van der Waals surface area contributed by atoms with E-state index in [1.165, 1.54) is 6.20 Å². The summed E-state index contributed by atoms with van der Waals surface area (Å²) in [7, 11) is 0. The van der Waals surface area contributed by atoms with Crippen LogP contribution in [0.2, 0.25) is 0 Å². The van der Waals surface area contributed by atoms with Gasteiger partial charge in [-0.15, -0.1) is 0 Å². The van der Waals surface area contributed by atoms with Gasteiger partial charge < -0.3 is 9.84 Å². The van der Waals surface area contributed by atoms with Gasteiger partial charge in [0.25, 0.3) is 0 Å². The molecule has 0 aromatic carbocycles. The first kappa shape index (κ1) is 19.2. The van der Waals surface area contributed by atoms with Crippen molar-refractivity contribution in [3.05, 3.63) is 75.3 Å². The van der Waals surface area contributed by atoms with E-state index in [1.807, 2.05) is 13.8 Å². The minimum Gasteiger partial charge on any atom is -0.352 e. The molecule has 4 heterocycles. The molecule has 0 fully saturated rings. The first-order chi connectivity index (χ1) is 14.5. The van der Waals surface area contributed by atoms with Crippen LogP contribution in [0.15, 0.2) is 58.2 Å². The maximum atomic E-state index is 12.7. The number of hydrogen-bond acceptors (Lipinski definition) is 9. The average molecular weight is 407 g/mol. The zero-order valence-electron chi connectivity index (χ0n) is 16.1. The summed E-state index contributed by atoms with van der Waals surface area (Å²) in [6.45, 7) is 3.77. The maximum Gasteiger partial charge on any atom is 0.376 e. The van der Waals surface area contributed by atoms with Crippen LogP contribution in [0.4, 0.5) is 11.5 Å². The van der Waals surface area contributed by atoms with Crippen LogP contribution in [-0.2, 0) is 0 Å². The maximum absolute atomic E-state index is 12.7. The van der Waals surface area contributed by atoms with Gasteiger partial charge >= 0.3 is 11.2 Å². The van der Waals surface area contributed by atoms with Gasteiger partial charge in [-0.05, 0) is 30.2 Å². The normalized spacial score (nSPS) is 12.2. The molecule has 30 heavy (non-hydrogen) atoms. The van der Waals surface area contributed by atoms with E-state index in [2.05, 4.69) is 25.4 Å². The van der Waals surface area contributed by atoms with Crippen LogP contribution in [0.1, 0.15) is 25.8 Å². The number of rotatable bonds is 6. The van der Waals surface area contributed by atoms with Crippen molar-refractivity contribution >= 4 is 17.2 Å². The van der Waals surface area contributed by atoms with Crippen molar-refractivity contribution < 1.29 is 9.45 Å². The number of nitrogens with zero attached hydrogens (tertiary/aromatic N) is 6. The predicted molar refractivity (Wildman–Crippen MR) is 107 cm³/mol. The fourth-order valence-electron chi connectivity index (χ4n) is 2.99. The standard InChI is InChI=1S/C19H17N7O4/c1-11(2)14(18-23-16(24-30-18)12-6-8-20-9-7-12)22-17-15(26(28)29)19(27)25-10-4-3-5-13(25)21-17/h3-11,14,22H,1-2H3. The van der Waals surface area contributed by atoms with Crippen molar-refractivity contribution in [1.82, 2.24) is 24.5 Å². The highest BCUT2D eigenvalue weighted by Gasteiger charge is 2.30. The third-order valence-electron chi connectivity index (χ3n) is 4.50. The Balaban J connectivity index is 1.77. The van der Waals surface area contributed by atoms with Gasteiger partial charge in [0.2, 0.25) is 17.5 Å². The van der Waals surface area contributed by atoms with Crippen molar-refractivity contribution in [2.75, 3.05) is 5.32 Å². The van der Waals surface area contributed by atoms with E-state index in [1.54, 1.807) is 42.7 Å². The number of nitro groups is 1. The fraction of sp³-hybridized carbons (Fsp3) is 0.211. The molecule has 0 bridgehead atoms. The molecular formula is C19H17N7O4. The molecule has 0 amide bonds. The highest BCUT2D eigenvalue weighted by Crippen LogP contribution is 2.29. The molecule has 0 aliphatic rings. The summed E-state index contributed by atoms with van der Waals surface area (Å²) in [5, 5.41) is 18.6. The number of aromatic nitrogens is 5. The van der Waals surface area contributed by atoms with E-state index in [-0.39, 0.29) is 23.3 Å². The van der Waals surface area contributed by atoms with Gasteiger partial charge in [-0.1, -0.05) is 25.1 Å². The summed E-state index contributed by atoms with van der Waals surface area (Å²) in [6.07, 6.45) is 4.65. The zero-order chi connectivity index (χ0) is 21.3. The minimum atomic E-state index is -0.779. The van der Waals surface area contributed by atoms with E-state index in [9.17, 15) is 14.9 Å². The van der Waals surface area contributed by atoms with Gasteiger partial charge in [0.05, 0.1) is 4.92 Å². The van der Waals surface area contributed by atoms with Crippen LogP contribution in [0.5, 0.6) is 0 Å². The molecule has 11 heteroatoms. The molecule has 4 aromatic heterocycles. The molecule has 0 aliphatic heterocycles. The summed E-state index contributed by atoms with van der Waals surface area (Å²) in [5.41, 5.74) is -0.437. The quantitative estimate of drug-likeness (QED) is 0.377. The Hall–Kier alpha value is -4.15. The van der Waals surface area contributed by atoms with Gasteiger partial charge in [-0.3, -0.25) is 24.3 Å². The molecule has 11 nitrogen and oxygen atoms in total. The lowest BCUT2D eigenvalue weighted by Gasteiger charge is -2.19. The van der Waals surface area contributed by atoms with Crippen LogP contribution in [0.25, 0.3) is 17.0 Å². The average Bonchev–Trinajstić information content (AvgIpc) is 3.22. The number of nitrogens with one attached hydrogen (secondary N) is 1. The van der Waals surface area contributed by atoms with Crippen molar-refractivity contribution in [3.63, 3.8) is 0 Å². The lowest BCUT2D eigenvalue weighted by Crippen LogP contribution is -2.24. The number of anilines is 1. The fourth-order valence-corrected chi connectivity index (χ4v) is 2.99. The van der Waals surface area contributed by atoms with Crippen LogP contribution in [0.3, 0.4) is 0 Å². The number of pyridine rings is 2. The van der Waals surface area contributed by atoms with Crippen LogP contribution in [0, 0.1) is 16.0 Å². The second-order valence-electron chi connectivity index (χ2n) is 6.86. The molecule has 4 rings (SSSR count). The summed E-state index contributed by atoms with van der Waals surface area (Å²) in [4.78, 5) is 36.2. The van der Waals surface area contributed by atoms with Gasteiger partial charge in [0.15, 0.2) is 0 Å². The van der Waals surface area contributed by atoms with Crippen molar-refractivity contribution in [1.29, 1.82) is 0 Å². The topological polar surface area (TPSA) is 141 Å². The monoisotopic (exact) mass is 407 g/mol. The highest BCUT2D eigenvalue weighted by atomic mass is 16.6. The molecule has 1 atom stereocenters. The Morgan fingerprint density at radius 2 is 1.93 bits per heavy atom. The molecule has 4 aromatic rings. The van der Waals surface area contributed by atoms with Gasteiger partial charge in [-0.25, -0.2) is 4.98 Å². The third kappa shape index (κ3) is 3.48. The van der Waals surface area contributed by atoms with Crippen LogP contribution < -0.4 is 10.9 Å². The largest absolute Gasteiger partial charge is 0.376 e. The Labute approximate surface area is 169 Å². The Morgan fingerprint density at radius 1 is 1.17 bits per heavy atom. The SMILES string of the molecule is CC(C)C(Nc1nc2ccccn2c(=O)c1[N+](=O)[O-])c1nc(-c2ccncc2)no1. The van der Waals surface area contributed by atoms with E-state index < -0.39 is 22.2 Å². The summed E-state index contributed by atoms with van der Waals surface area (Å²) in [5.74, 6) is 0.326. The second-order valence-corrected chi connectivity index (χ2v) is 6.86. The Bertz CT molecular complexity index is 1270. The molecule has 0 spiro atoms. The Morgan fingerprint density at radius 3 is 2.63 bits per heavy atom. The second kappa shape index (κ2) is 7.70. The molecule has 1 unspecified atom stereocenters. The minimum absolute atomic E-state index is 0.105. The lowest BCUT2D eigenvalue weighted by molar-refractivity contribution is -0.385. The molecule has 0 aliphatic carbocycles. The summed E-state index contributed by atoms with van der Waals surface area (Å²) in [6, 6.07) is 7.75. The van der Waals surface area contributed by atoms with Crippen molar-refractivity contribution in [2.24, 2.45) is 5.92 Å². The predicted octanol–water partition coefficient (Wildman–Crippen LogP) is 2.86. The zero-order valence-corrected chi connectivity index (χ0v) is 16.1. The Kier molecular flexibility index (Phi) is 4.92. The van der Waals surface area contributed by atoms with Gasteiger partial charge in [0, 0.05) is 24.2 Å². The van der Waals surface area contributed by atoms with Crippen LogP contribution >= 0.6 is 0 Å². The molecule has 0 radical (unpaired) electrons. The van der Waals surface area contributed by atoms with Gasteiger partial charge in [-0.2, -0.15) is 4.98 Å². The van der Waals surface area contributed by atoms with E-state index in [0.717, 1.165) is 9.96 Å². The van der Waals surface area contributed by atoms with E-state index in [4.69, 9.17) is 4.52 Å². The van der Waals surface area contributed by atoms with E-state index >= 15 is 0 Å². The molecule has 0 saturated carbocycles. The molecule has 0 saturated heterocycles. The smallest absolute Gasteiger partial charge is 0.352 e.